The summed E-state index contributed by atoms with van der Waals surface area (Å²) in [6.07, 6.45) is 3.79. The van der Waals surface area contributed by atoms with E-state index in [-0.39, 0.29) is 12.5 Å². The fourth-order valence-corrected chi connectivity index (χ4v) is 2.66. The molecule has 6 heteroatoms. The average molecular weight is 325 g/mol. The van der Waals surface area contributed by atoms with Gasteiger partial charge < -0.3 is 14.8 Å². The summed E-state index contributed by atoms with van der Waals surface area (Å²) in [5.41, 5.74) is 4.06. The molecule has 0 radical (unpaired) electrons. The number of carbonyl (C=O) groups is 1. The smallest absolute Gasteiger partial charge is 0.303 e. The van der Waals surface area contributed by atoms with Crippen LogP contribution in [-0.2, 0) is 11.2 Å². The Labute approximate surface area is 139 Å². The largest absolute Gasteiger partial charge is 0.491 e. The van der Waals surface area contributed by atoms with Crippen molar-refractivity contribution in [2.24, 2.45) is 0 Å². The first-order valence-corrected chi connectivity index (χ1v) is 7.85. The predicted octanol–water partition coefficient (Wildman–Crippen LogP) is 3.43. The molecule has 0 saturated heterocycles. The second kappa shape index (κ2) is 6.70. The molecular weight excluding hydrogens is 306 g/mol. The molecule has 1 aromatic carbocycles. The molecule has 2 heterocycles. The molecule has 0 aliphatic carbocycles. The van der Waals surface area contributed by atoms with Crippen molar-refractivity contribution in [3.63, 3.8) is 0 Å². The van der Waals surface area contributed by atoms with E-state index in [4.69, 9.17) is 9.84 Å². The Morgan fingerprint density at radius 3 is 2.58 bits per heavy atom. The van der Waals surface area contributed by atoms with Crippen LogP contribution in [0, 0.1) is 0 Å². The SMILES string of the molecule is CC(C)Oc1ccc(-c2[nH]c3nccnc3c2CCC(=O)O)cc1. The van der Waals surface area contributed by atoms with Crippen LogP contribution < -0.4 is 4.74 Å². The molecule has 2 N–H and O–H groups in total. The van der Waals surface area contributed by atoms with Gasteiger partial charge in [0.05, 0.1) is 11.8 Å². The number of aryl methyl sites for hydroxylation is 1. The van der Waals surface area contributed by atoms with Gasteiger partial charge in [-0.3, -0.25) is 9.78 Å². The highest BCUT2D eigenvalue weighted by Gasteiger charge is 2.16. The minimum absolute atomic E-state index is 0.0467. The highest BCUT2D eigenvalue weighted by Crippen LogP contribution is 2.30. The third kappa shape index (κ3) is 3.37. The first kappa shape index (κ1) is 16.0. The van der Waals surface area contributed by atoms with Crippen molar-refractivity contribution >= 4 is 17.1 Å². The zero-order valence-electron chi connectivity index (χ0n) is 13.6. The van der Waals surface area contributed by atoms with Crippen LogP contribution in [0.2, 0.25) is 0 Å². The fourth-order valence-electron chi connectivity index (χ4n) is 2.66. The van der Waals surface area contributed by atoms with Crippen LogP contribution in [0.25, 0.3) is 22.4 Å². The number of rotatable bonds is 6. The topological polar surface area (TPSA) is 88.1 Å². The average Bonchev–Trinajstić information content (AvgIpc) is 2.91. The van der Waals surface area contributed by atoms with E-state index < -0.39 is 5.97 Å². The Morgan fingerprint density at radius 1 is 1.21 bits per heavy atom. The highest BCUT2D eigenvalue weighted by atomic mass is 16.5. The van der Waals surface area contributed by atoms with Gasteiger partial charge in [0, 0.05) is 24.4 Å². The monoisotopic (exact) mass is 325 g/mol. The standard InChI is InChI=1S/C18H19N3O3/c1-11(2)24-13-5-3-12(4-6-13)16-14(7-8-15(22)23)17-18(21-16)20-10-9-19-17/h3-6,9-11H,7-8H2,1-2H3,(H,20,21)(H,22,23). The maximum Gasteiger partial charge on any atom is 0.303 e. The third-order valence-corrected chi connectivity index (χ3v) is 3.63. The fraction of sp³-hybridized carbons (Fsp3) is 0.278. The van der Waals surface area contributed by atoms with Gasteiger partial charge in [-0.05, 0) is 50.1 Å². The van der Waals surface area contributed by atoms with Crippen LogP contribution >= 0.6 is 0 Å². The van der Waals surface area contributed by atoms with Crippen molar-refractivity contribution in [3.05, 3.63) is 42.2 Å². The van der Waals surface area contributed by atoms with Crippen molar-refractivity contribution in [1.82, 2.24) is 15.0 Å². The van der Waals surface area contributed by atoms with Crippen LogP contribution in [-0.4, -0.2) is 32.1 Å². The highest BCUT2D eigenvalue weighted by molar-refractivity contribution is 5.85. The molecule has 0 bridgehead atoms. The molecule has 3 aromatic rings. The number of aromatic amines is 1. The van der Waals surface area contributed by atoms with E-state index in [1.165, 1.54) is 0 Å². The zero-order chi connectivity index (χ0) is 17.1. The molecule has 2 aromatic heterocycles. The van der Waals surface area contributed by atoms with Crippen molar-refractivity contribution in [3.8, 4) is 17.0 Å². The lowest BCUT2D eigenvalue weighted by atomic mass is 10.0. The number of hydrogen-bond acceptors (Lipinski definition) is 4. The van der Waals surface area contributed by atoms with E-state index in [0.29, 0.717) is 12.1 Å². The summed E-state index contributed by atoms with van der Waals surface area (Å²) in [4.78, 5) is 22.9. The summed E-state index contributed by atoms with van der Waals surface area (Å²) in [5, 5.41) is 9.00. The molecule has 0 spiro atoms. The number of aliphatic carboxylic acids is 1. The first-order chi connectivity index (χ1) is 11.5. The summed E-state index contributed by atoms with van der Waals surface area (Å²) >= 11 is 0. The Bertz CT molecular complexity index is 854. The van der Waals surface area contributed by atoms with Crippen LogP contribution in [0.4, 0.5) is 0 Å². The van der Waals surface area contributed by atoms with E-state index in [1.807, 2.05) is 38.1 Å². The number of benzene rings is 1. The third-order valence-electron chi connectivity index (χ3n) is 3.63. The zero-order valence-corrected chi connectivity index (χ0v) is 13.6. The minimum Gasteiger partial charge on any atom is -0.491 e. The molecule has 6 nitrogen and oxygen atoms in total. The number of carboxylic acids is 1. The quantitative estimate of drug-likeness (QED) is 0.725. The Balaban J connectivity index is 2.01. The Hall–Kier alpha value is -2.89. The van der Waals surface area contributed by atoms with Gasteiger partial charge in [0.1, 0.15) is 11.3 Å². The summed E-state index contributed by atoms with van der Waals surface area (Å²) in [6.45, 7) is 3.96. The molecule has 0 aliphatic heterocycles. The lowest BCUT2D eigenvalue weighted by Gasteiger charge is -2.10. The second-order valence-electron chi connectivity index (χ2n) is 5.82. The van der Waals surface area contributed by atoms with Crippen molar-refractivity contribution in [2.45, 2.75) is 32.8 Å². The van der Waals surface area contributed by atoms with Crippen LogP contribution in [0.5, 0.6) is 5.75 Å². The first-order valence-electron chi connectivity index (χ1n) is 7.85. The van der Waals surface area contributed by atoms with E-state index >= 15 is 0 Å². The van der Waals surface area contributed by atoms with Crippen molar-refractivity contribution in [1.29, 1.82) is 0 Å². The summed E-state index contributed by atoms with van der Waals surface area (Å²) < 4.78 is 5.66. The van der Waals surface area contributed by atoms with E-state index in [0.717, 1.165) is 28.1 Å². The molecule has 0 aliphatic rings. The number of nitrogens with one attached hydrogen (secondary N) is 1. The predicted molar refractivity (Wildman–Crippen MR) is 91.0 cm³/mol. The number of nitrogens with zero attached hydrogens (tertiary/aromatic N) is 2. The van der Waals surface area contributed by atoms with Gasteiger partial charge in [-0.15, -0.1) is 0 Å². The molecular formula is C18H19N3O3. The molecule has 0 saturated carbocycles. The second-order valence-corrected chi connectivity index (χ2v) is 5.82. The van der Waals surface area contributed by atoms with Gasteiger partial charge in [0.25, 0.3) is 0 Å². The van der Waals surface area contributed by atoms with Gasteiger partial charge in [-0.25, -0.2) is 4.98 Å². The molecule has 0 amide bonds. The van der Waals surface area contributed by atoms with Gasteiger partial charge in [0.15, 0.2) is 5.65 Å². The molecule has 0 fully saturated rings. The number of aromatic nitrogens is 3. The molecule has 0 unspecified atom stereocenters. The lowest BCUT2D eigenvalue weighted by Crippen LogP contribution is -2.05. The normalized spacial score (nSPS) is 11.1. The van der Waals surface area contributed by atoms with Gasteiger partial charge >= 0.3 is 5.97 Å². The number of hydrogen-bond donors (Lipinski definition) is 2. The number of ether oxygens (including phenoxy) is 1. The van der Waals surface area contributed by atoms with Gasteiger partial charge in [-0.1, -0.05) is 0 Å². The maximum absolute atomic E-state index is 11.0. The Kier molecular flexibility index (Phi) is 4.46. The lowest BCUT2D eigenvalue weighted by molar-refractivity contribution is -0.136. The minimum atomic E-state index is -0.833. The Morgan fingerprint density at radius 2 is 1.92 bits per heavy atom. The van der Waals surface area contributed by atoms with Crippen molar-refractivity contribution < 1.29 is 14.6 Å². The summed E-state index contributed by atoms with van der Waals surface area (Å²) in [6, 6.07) is 7.71. The van der Waals surface area contributed by atoms with Gasteiger partial charge in [-0.2, -0.15) is 0 Å². The molecule has 0 atom stereocenters. The molecule has 124 valence electrons. The van der Waals surface area contributed by atoms with Gasteiger partial charge in [0.2, 0.25) is 0 Å². The van der Waals surface area contributed by atoms with Crippen LogP contribution in [0.1, 0.15) is 25.8 Å². The van der Waals surface area contributed by atoms with E-state index in [9.17, 15) is 4.79 Å². The number of H-pyrrole nitrogens is 1. The van der Waals surface area contributed by atoms with Crippen molar-refractivity contribution in [2.75, 3.05) is 0 Å². The maximum atomic E-state index is 11.0. The number of fused-ring (bicyclic) bond motifs is 1. The molecule has 3 rings (SSSR count). The summed E-state index contributed by atoms with van der Waals surface area (Å²) in [5.74, 6) is -0.0342. The van der Waals surface area contributed by atoms with E-state index in [2.05, 4.69) is 15.0 Å². The van der Waals surface area contributed by atoms with Crippen LogP contribution in [0.3, 0.4) is 0 Å². The molecule has 24 heavy (non-hydrogen) atoms. The summed E-state index contributed by atoms with van der Waals surface area (Å²) in [7, 11) is 0. The number of carboxylic acid groups (broad SMARTS) is 1. The van der Waals surface area contributed by atoms with E-state index in [1.54, 1.807) is 12.4 Å². The van der Waals surface area contributed by atoms with Crippen LogP contribution in [0.15, 0.2) is 36.7 Å².